The maximum Gasteiger partial charge on any atom is 0.343 e. The number of ether oxygens (including phenoxy) is 1. The van der Waals surface area contributed by atoms with Crippen LogP contribution in [0.15, 0.2) is 53.2 Å². The van der Waals surface area contributed by atoms with Crippen LogP contribution in [0.1, 0.15) is 44.9 Å². The average Bonchev–Trinajstić information content (AvgIpc) is 3.32. The van der Waals surface area contributed by atoms with Crippen molar-refractivity contribution in [1.29, 1.82) is 5.26 Å². The largest absolute Gasteiger partial charge is 0.462 e. The van der Waals surface area contributed by atoms with Crippen molar-refractivity contribution in [2.75, 3.05) is 6.61 Å². The minimum atomic E-state index is -0.676. The van der Waals surface area contributed by atoms with E-state index in [0.29, 0.717) is 12.0 Å². The van der Waals surface area contributed by atoms with Crippen molar-refractivity contribution in [3.63, 3.8) is 0 Å². The van der Waals surface area contributed by atoms with E-state index in [9.17, 15) is 19.2 Å². The van der Waals surface area contributed by atoms with E-state index in [1.165, 1.54) is 24.3 Å². The molecule has 0 bridgehead atoms. The molecule has 6 nitrogen and oxygen atoms in total. The van der Waals surface area contributed by atoms with Crippen LogP contribution in [-0.2, 0) is 4.74 Å². The molecule has 0 aliphatic heterocycles. The van der Waals surface area contributed by atoms with Gasteiger partial charge in [0.25, 0.3) is 0 Å². The normalized spacial score (nSPS) is 10.5. The number of hydrogen-bond acceptors (Lipinski definition) is 5. The standard InChI is InChI=1S/C21H17FN2O4/c1-14-19(17(13-23)20(28-14)24-10-2-3-11-24)21(26)27-12-4-5-18(25)15-6-8-16(22)9-7-15/h2-3,6-11H,4-5,12H2,1H3. The monoisotopic (exact) mass is 380 g/mol. The van der Waals surface area contributed by atoms with E-state index in [1.54, 1.807) is 36.0 Å². The molecule has 0 saturated carbocycles. The van der Waals surface area contributed by atoms with Crippen LogP contribution in [-0.4, -0.2) is 22.9 Å². The number of nitriles is 1. The first-order chi connectivity index (χ1) is 13.5. The van der Waals surface area contributed by atoms with Gasteiger partial charge in [-0.1, -0.05) is 0 Å². The molecule has 3 rings (SSSR count). The number of nitrogens with zero attached hydrogens (tertiary/aromatic N) is 2. The summed E-state index contributed by atoms with van der Waals surface area (Å²) in [7, 11) is 0. The van der Waals surface area contributed by atoms with Crippen molar-refractivity contribution in [1.82, 2.24) is 4.57 Å². The van der Waals surface area contributed by atoms with Crippen LogP contribution in [0.4, 0.5) is 4.39 Å². The summed E-state index contributed by atoms with van der Waals surface area (Å²) in [6.45, 7) is 1.60. The second kappa shape index (κ2) is 8.35. The van der Waals surface area contributed by atoms with Crippen LogP contribution in [0.5, 0.6) is 0 Å². The van der Waals surface area contributed by atoms with Gasteiger partial charge in [0, 0.05) is 24.4 Å². The van der Waals surface area contributed by atoms with Gasteiger partial charge in [-0.05, 0) is 49.7 Å². The number of benzene rings is 1. The van der Waals surface area contributed by atoms with Crippen LogP contribution in [0.3, 0.4) is 0 Å². The summed E-state index contributed by atoms with van der Waals surface area (Å²) in [5.74, 6) is -0.710. The zero-order chi connectivity index (χ0) is 20.1. The lowest BCUT2D eigenvalue weighted by molar-refractivity contribution is 0.0492. The van der Waals surface area contributed by atoms with Crippen LogP contribution in [0, 0.1) is 24.1 Å². The van der Waals surface area contributed by atoms with Crippen molar-refractivity contribution >= 4 is 11.8 Å². The van der Waals surface area contributed by atoms with Crippen LogP contribution in [0.25, 0.3) is 5.88 Å². The predicted molar refractivity (Wildman–Crippen MR) is 97.7 cm³/mol. The summed E-state index contributed by atoms with van der Waals surface area (Å²) < 4.78 is 25.3. The molecule has 0 aliphatic rings. The Balaban J connectivity index is 1.60. The smallest absolute Gasteiger partial charge is 0.343 e. The first-order valence-corrected chi connectivity index (χ1v) is 8.64. The Hall–Kier alpha value is -3.66. The third-order valence-electron chi connectivity index (χ3n) is 4.17. The molecule has 2 heterocycles. The number of halogens is 1. The Bertz CT molecular complexity index is 1030. The topological polar surface area (TPSA) is 85.2 Å². The van der Waals surface area contributed by atoms with Gasteiger partial charge in [-0.2, -0.15) is 5.26 Å². The number of furan rings is 1. The first kappa shape index (κ1) is 19.1. The average molecular weight is 380 g/mol. The summed E-state index contributed by atoms with van der Waals surface area (Å²) in [6, 6.07) is 10.8. The third-order valence-corrected chi connectivity index (χ3v) is 4.17. The van der Waals surface area contributed by atoms with Gasteiger partial charge in [-0.15, -0.1) is 0 Å². The number of aryl methyl sites for hydroxylation is 1. The second-order valence-electron chi connectivity index (χ2n) is 6.09. The Labute approximate surface area is 160 Å². The molecule has 0 atom stereocenters. The molecule has 3 aromatic rings. The summed E-state index contributed by atoms with van der Waals surface area (Å²) in [5.41, 5.74) is 0.582. The van der Waals surface area contributed by atoms with Gasteiger partial charge in [-0.25, -0.2) is 9.18 Å². The quantitative estimate of drug-likeness (QED) is 0.348. The number of ketones is 1. The molecule has 0 N–H and O–H groups in total. The van der Waals surface area contributed by atoms with E-state index >= 15 is 0 Å². The maximum atomic E-state index is 12.9. The van der Waals surface area contributed by atoms with Crippen molar-refractivity contribution in [2.24, 2.45) is 0 Å². The Morgan fingerprint density at radius 3 is 2.54 bits per heavy atom. The molecule has 0 saturated heterocycles. The van der Waals surface area contributed by atoms with E-state index in [4.69, 9.17) is 9.15 Å². The fourth-order valence-corrected chi connectivity index (χ4v) is 2.78. The Kier molecular flexibility index (Phi) is 5.70. The molecule has 2 aromatic heterocycles. The third kappa shape index (κ3) is 4.01. The zero-order valence-corrected chi connectivity index (χ0v) is 15.1. The highest BCUT2D eigenvalue weighted by atomic mass is 19.1. The minimum absolute atomic E-state index is 0.0140. The Morgan fingerprint density at radius 2 is 1.89 bits per heavy atom. The number of rotatable bonds is 7. The van der Waals surface area contributed by atoms with Crippen LogP contribution < -0.4 is 0 Å². The molecule has 28 heavy (non-hydrogen) atoms. The zero-order valence-electron chi connectivity index (χ0n) is 15.1. The molecular formula is C21H17FN2O4. The van der Waals surface area contributed by atoms with Gasteiger partial charge < -0.3 is 9.15 Å². The molecule has 1 aromatic carbocycles. The summed E-state index contributed by atoms with van der Waals surface area (Å²) in [5, 5.41) is 9.45. The van der Waals surface area contributed by atoms with Crippen molar-refractivity contribution < 1.29 is 23.1 Å². The molecule has 0 unspecified atom stereocenters. The predicted octanol–water partition coefficient (Wildman–Crippen LogP) is 4.21. The van der Waals surface area contributed by atoms with Gasteiger partial charge in [0.15, 0.2) is 5.78 Å². The van der Waals surface area contributed by atoms with Gasteiger partial charge >= 0.3 is 5.97 Å². The fraction of sp³-hybridized carbons (Fsp3) is 0.190. The van der Waals surface area contributed by atoms with Crippen molar-refractivity contribution in [2.45, 2.75) is 19.8 Å². The summed E-state index contributed by atoms with van der Waals surface area (Å²) in [4.78, 5) is 24.4. The van der Waals surface area contributed by atoms with E-state index in [1.807, 2.05) is 6.07 Å². The van der Waals surface area contributed by atoms with Gasteiger partial charge in [0.1, 0.15) is 28.8 Å². The lowest BCUT2D eigenvalue weighted by Crippen LogP contribution is -2.10. The molecule has 0 amide bonds. The highest BCUT2D eigenvalue weighted by Crippen LogP contribution is 2.26. The lowest BCUT2D eigenvalue weighted by atomic mass is 10.1. The first-order valence-electron chi connectivity index (χ1n) is 8.64. The molecule has 0 radical (unpaired) electrons. The van der Waals surface area contributed by atoms with Crippen LogP contribution >= 0.6 is 0 Å². The number of esters is 1. The van der Waals surface area contributed by atoms with E-state index < -0.39 is 11.8 Å². The molecular weight excluding hydrogens is 363 g/mol. The number of carbonyl (C=O) groups is 2. The van der Waals surface area contributed by atoms with E-state index in [-0.39, 0.29) is 41.6 Å². The highest BCUT2D eigenvalue weighted by molar-refractivity contribution is 5.96. The maximum absolute atomic E-state index is 12.9. The molecule has 0 spiro atoms. The van der Waals surface area contributed by atoms with Crippen molar-refractivity contribution in [3.05, 3.63) is 77.1 Å². The van der Waals surface area contributed by atoms with Crippen LogP contribution in [0.2, 0.25) is 0 Å². The van der Waals surface area contributed by atoms with Gasteiger partial charge in [-0.3, -0.25) is 9.36 Å². The SMILES string of the molecule is Cc1oc(-n2cccc2)c(C#N)c1C(=O)OCCCC(=O)c1ccc(F)cc1. The summed E-state index contributed by atoms with van der Waals surface area (Å²) >= 11 is 0. The molecule has 0 fully saturated rings. The Morgan fingerprint density at radius 1 is 1.21 bits per heavy atom. The van der Waals surface area contributed by atoms with Gasteiger partial charge in [0.05, 0.1) is 6.61 Å². The van der Waals surface area contributed by atoms with E-state index in [0.717, 1.165) is 0 Å². The highest BCUT2D eigenvalue weighted by Gasteiger charge is 2.25. The second-order valence-corrected chi connectivity index (χ2v) is 6.09. The van der Waals surface area contributed by atoms with Gasteiger partial charge in [0.2, 0.25) is 5.88 Å². The summed E-state index contributed by atoms with van der Waals surface area (Å²) in [6.07, 6.45) is 3.87. The van der Waals surface area contributed by atoms with E-state index in [2.05, 4.69) is 0 Å². The molecule has 0 aliphatic carbocycles. The molecule has 142 valence electrons. The minimum Gasteiger partial charge on any atom is -0.462 e. The van der Waals surface area contributed by atoms with Crippen molar-refractivity contribution in [3.8, 4) is 12.0 Å². The number of hydrogen-bond donors (Lipinski definition) is 0. The number of aromatic nitrogens is 1. The fourth-order valence-electron chi connectivity index (χ4n) is 2.78. The molecule has 7 heteroatoms. The number of carbonyl (C=O) groups excluding carboxylic acids is 2. The number of Topliss-reactive ketones (excluding diaryl/α,β-unsaturated/α-hetero) is 1. The lowest BCUT2D eigenvalue weighted by Gasteiger charge is -2.05.